The average molecular weight is 502 g/mol. The maximum atomic E-state index is 14.2. The van der Waals surface area contributed by atoms with E-state index in [1.54, 1.807) is 31.2 Å². The normalized spacial score (nSPS) is 11.8. The van der Waals surface area contributed by atoms with Crippen LogP contribution >= 0.6 is 0 Å². The lowest BCUT2D eigenvalue weighted by Gasteiger charge is -2.13. The van der Waals surface area contributed by atoms with Gasteiger partial charge < -0.3 is 4.74 Å². The van der Waals surface area contributed by atoms with Crippen LogP contribution in [0.5, 0.6) is 5.75 Å². The predicted octanol–water partition coefficient (Wildman–Crippen LogP) is 7.92. The van der Waals surface area contributed by atoms with Crippen molar-refractivity contribution in [2.24, 2.45) is 0 Å². The van der Waals surface area contributed by atoms with Crippen molar-refractivity contribution in [1.29, 1.82) is 0 Å². The Morgan fingerprint density at radius 3 is 2.27 bits per heavy atom. The largest absolute Gasteiger partial charge is 0.489 e. The van der Waals surface area contributed by atoms with Crippen molar-refractivity contribution in [3.63, 3.8) is 0 Å². The van der Waals surface area contributed by atoms with E-state index in [0.29, 0.717) is 23.6 Å². The standard InChI is InChI=1S/C30H26F3N3O/c1-18-6-5-7-22(14-18)17-37-25-12-9-23(10-13-25)27-16-26(30(31,32)33)28-21(4)35-36(29(28)34-27)24-11-8-19(2)20(3)15-24/h5-16H,17H2,1-4H3. The highest BCUT2D eigenvalue weighted by molar-refractivity contribution is 5.87. The van der Waals surface area contributed by atoms with Gasteiger partial charge in [-0.25, -0.2) is 9.67 Å². The lowest BCUT2D eigenvalue weighted by Crippen LogP contribution is -2.08. The summed E-state index contributed by atoms with van der Waals surface area (Å²) in [5, 5.41) is 4.45. The minimum absolute atomic E-state index is 0.00702. The third-order valence-electron chi connectivity index (χ3n) is 6.49. The van der Waals surface area contributed by atoms with Gasteiger partial charge >= 0.3 is 6.18 Å². The number of hydrogen-bond acceptors (Lipinski definition) is 3. The molecular formula is C30H26F3N3O. The second-order valence-corrected chi connectivity index (χ2v) is 9.32. The van der Waals surface area contributed by atoms with Crippen LogP contribution in [0, 0.1) is 27.7 Å². The second-order valence-electron chi connectivity index (χ2n) is 9.32. The van der Waals surface area contributed by atoms with E-state index < -0.39 is 11.7 Å². The summed E-state index contributed by atoms with van der Waals surface area (Å²) in [6, 6.07) is 21.7. The van der Waals surface area contributed by atoms with Gasteiger partial charge in [0.2, 0.25) is 0 Å². The summed E-state index contributed by atoms with van der Waals surface area (Å²) in [6.07, 6.45) is -4.56. The minimum atomic E-state index is -4.56. The molecule has 2 aromatic heterocycles. The number of ether oxygens (including phenoxy) is 1. The molecule has 0 fully saturated rings. The van der Waals surface area contributed by atoms with Crippen molar-refractivity contribution < 1.29 is 17.9 Å². The van der Waals surface area contributed by atoms with Crippen LogP contribution in [-0.4, -0.2) is 14.8 Å². The molecule has 0 saturated carbocycles. The molecule has 0 N–H and O–H groups in total. The first-order chi connectivity index (χ1) is 17.6. The molecule has 0 aliphatic heterocycles. The zero-order chi connectivity index (χ0) is 26.3. The number of nitrogens with zero attached hydrogens (tertiary/aromatic N) is 3. The van der Waals surface area contributed by atoms with Crippen LogP contribution in [0.25, 0.3) is 28.0 Å². The van der Waals surface area contributed by atoms with Crippen molar-refractivity contribution in [3.05, 3.63) is 106 Å². The Morgan fingerprint density at radius 1 is 0.838 bits per heavy atom. The Kier molecular flexibility index (Phi) is 6.23. The highest BCUT2D eigenvalue weighted by Gasteiger charge is 2.36. The monoisotopic (exact) mass is 501 g/mol. The van der Waals surface area contributed by atoms with Crippen LogP contribution in [0.3, 0.4) is 0 Å². The third kappa shape index (κ3) is 4.94. The molecule has 0 aliphatic rings. The van der Waals surface area contributed by atoms with Crippen LogP contribution in [-0.2, 0) is 12.8 Å². The van der Waals surface area contributed by atoms with E-state index in [1.807, 2.05) is 63.2 Å². The lowest BCUT2D eigenvalue weighted by atomic mass is 10.0. The second kappa shape index (κ2) is 9.39. The molecule has 0 atom stereocenters. The Labute approximate surface area is 213 Å². The zero-order valence-electron chi connectivity index (χ0n) is 21.0. The van der Waals surface area contributed by atoms with Gasteiger partial charge in [0.1, 0.15) is 12.4 Å². The topological polar surface area (TPSA) is 39.9 Å². The molecule has 3 aromatic carbocycles. The van der Waals surface area contributed by atoms with Gasteiger partial charge in [-0.1, -0.05) is 35.9 Å². The van der Waals surface area contributed by atoms with Crippen LogP contribution in [0.4, 0.5) is 13.2 Å². The number of benzene rings is 3. The fourth-order valence-corrected chi connectivity index (χ4v) is 4.39. The molecule has 0 radical (unpaired) electrons. The summed E-state index contributed by atoms with van der Waals surface area (Å²) < 4.78 is 49.9. The van der Waals surface area contributed by atoms with E-state index in [0.717, 1.165) is 28.3 Å². The first-order valence-electron chi connectivity index (χ1n) is 11.9. The van der Waals surface area contributed by atoms with Crippen LogP contribution < -0.4 is 4.74 Å². The molecule has 0 amide bonds. The van der Waals surface area contributed by atoms with E-state index in [2.05, 4.69) is 10.1 Å². The highest BCUT2D eigenvalue weighted by Crippen LogP contribution is 2.39. The number of halogens is 3. The quantitative estimate of drug-likeness (QED) is 0.246. The number of hydrogen-bond donors (Lipinski definition) is 0. The summed E-state index contributed by atoms with van der Waals surface area (Å²) in [4.78, 5) is 4.66. The molecule has 0 saturated heterocycles. The summed E-state index contributed by atoms with van der Waals surface area (Å²) in [7, 11) is 0. The number of rotatable bonds is 5. The number of aromatic nitrogens is 3. The van der Waals surface area contributed by atoms with Gasteiger partial charge in [-0.3, -0.25) is 0 Å². The predicted molar refractivity (Wildman–Crippen MR) is 139 cm³/mol. The fraction of sp³-hybridized carbons (Fsp3) is 0.200. The Bertz CT molecular complexity index is 1600. The highest BCUT2D eigenvalue weighted by atomic mass is 19.4. The zero-order valence-corrected chi connectivity index (χ0v) is 21.0. The van der Waals surface area contributed by atoms with Crippen molar-refractivity contribution in [2.75, 3.05) is 0 Å². The van der Waals surface area contributed by atoms with Gasteiger partial charge in [-0.15, -0.1) is 0 Å². The van der Waals surface area contributed by atoms with Gasteiger partial charge in [0.05, 0.1) is 28.0 Å². The lowest BCUT2D eigenvalue weighted by molar-refractivity contribution is -0.136. The number of fused-ring (bicyclic) bond motifs is 1. The van der Waals surface area contributed by atoms with Crippen LogP contribution in [0.1, 0.15) is 33.5 Å². The average Bonchev–Trinajstić information content (AvgIpc) is 3.20. The van der Waals surface area contributed by atoms with E-state index in [1.165, 1.54) is 4.68 Å². The maximum Gasteiger partial charge on any atom is 0.417 e. The van der Waals surface area contributed by atoms with E-state index in [4.69, 9.17) is 4.74 Å². The number of pyridine rings is 1. The molecule has 5 rings (SSSR count). The Hall–Kier alpha value is -4.13. The summed E-state index contributed by atoms with van der Waals surface area (Å²) in [6.45, 7) is 7.94. The Morgan fingerprint density at radius 2 is 1.59 bits per heavy atom. The van der Waals surface area contributed by atoms with Gasteiger partial charge in [0, 0.05) is 5.56 Å². The SMILES string of the molecule is Cc1cccc(COc2ccc(-c3cc(C(F)(F)F)c4c(C)nn(-c5ccc(C)c(C)c5)c4n3)cc2)c1. The molecule has 0 spiro atoms. The van der Waals surface area contributed by atoms with E-state index in [9.17, 15) is 13.2 Å². The van der Waals surface area contributed by atoms with Crippen molar-refractivity contribution in [3.8, 4) is 22.7 Å². The molecule has 2 heterocycles. The van der Waals surface area contributed by atoms with Crippen LogP contribution in [0.2, 0.25) is 0 Å². The summed E-state index contributed by atoms with van der Waals surface area (Å²) in [5.41, 5.74) is 5.44. The molecule has 7 heteroatoms. The number of aryl methyl sites for hydroxylation is 4. The first-order valence-corrected chi connectivity index (χ1v) is 11.9. The first kappa shape index (κ1) is 24.6. The van der Waals surface area contributed by atoms with Gasteiger partial charge in [-0.05, 0) is 86.8 Å². The Balaban J connectivity index is 1.55. The van der Waals surface area contributed by atoms with E-state index >= 15 is 0 Å². The van der Waals surface area contributed by atoms with Crippen molar-refractivity contribution >= 4 is 11.0 Å². The molecule has 0 aliphatic carbocycles. The molecule has 5 aromatic rings. The molecule has 188 valence electrons. The minimum Gasteiger partial charge on any atom is -0.489 e. The maximum absolute atomic E-state index is 14.2. The number of alkyl halides is 3. The third-order valence-corrected chi connectivity index (χ3v) is 6.49. The summed E-state index contributed by atoms with van der Waals surface area (Å²) in [5.74, 6) is 0.624. The molecular weight excluding hydrogens is 475 g/mol. The smallest absolute Gasteiger partial charge is 0.417 e. The van der Waals surface area contributed by atoms with Crippen molar-refractivity contribution in [1.82, 2.24) is 14.8 Å². The van der Waals surface area contributed by atoms with E-state index in [-0.39, 0.29) is 22.4 Å². The van der Waals surface area contributed by atoms with Crippen molar-refractivity contribution in [2.45, 2.75) is 40.5 Å². The molecule has 4 nitrogen and oxygen atoms in total. The molecule has 0 unspecified atom stereocenters. The summed E-state index contributed by atoms with van der Waals surface area (Å²) >= 11 is 0. The fourth-order valence-electron chi connectivity index (χ4n) is 4.39. The molecule has 0 bridgehead atoms. The van der Waals surface area contributed by atoms with Gasteiger partial charge in [0.25, 0.3) is 0 Å². The van der Waals surface area contributed by atoms with Crippen LogP contribution in [0.15, 0.2) is 72.8 Å². The van der Waals surface area contributed by atoms with Gasteiger partial charge in [-0.2, -0.15) is 18.3 Å². The molecule has 37 heavy (non-hydrogen) atoms. The van der Waals surface area contributed by atoms with Gasteiger partial charge in [0.15, 0.2) is 5.65 Å².